The van der Waals surface area contributed by atoms with E-state index in [9.17, 15) is 9.59 Å². The fourth-order valence-corrected chi connectivity index (χ4v) is 4.91. The molecule has 1 fully saturated rings. The fourth-order valence-electron chi connectivity index (χ4n) is 4.91. The van der Waals surface area contributed by atoms with Gasteiger partial charge in [-0.3, -0.25) is 4.79 Å². The number of urea groups is 1. The molecule has 0 aromatic heterocycles. The number of halogens is 2. The highest BCUT2D eigenvalue weighted by Crippen LogP contribution is 2.42. The molecule has 0 radical (unpaired) electrons. The number of carbonyl (C=O) groups excluding carboxylic acids is 2. The molecule has 4 rings (SSSR count). The summed E-state index contributed by atoms with van der Waals surface area (Å²) in [6.45, 7) is 0. The molecule has 1 aliphatic carbocycles. The van der Waals surface area contributed by atoms with Crippen molar-refractivity contribution in [1.29, 1.82) is 5.41 Å². The number of likely N-dealkylation sites (N-methyl/N-ethyl adjacent to an activating group) is 1. The molecule has 2 aliphatic rings. The molecule has 1 saturated heterocycles. The minimum atomic E-state index is -1.05. The standard InChI is InChI=1S/C27H26F2N4O2/c1-31-23-10-6-7-13-27(20(23)17-30)16-24(34)33(26(35)32(27)2)25-21(28)14-19(15-22(25)29)12-11-18-8-4-3-5-9-18/h3-5,8-9,14-15,17,30-31H,6-7,10,13,16H2,1-2H3/t27-/m0/s1. The van der Waals surface area contributed by atoms with Crippen molar-refractivity contribution < 1.29 is 18.4 Å². The van der Waals surface area contributed by atoms with Gasteiger partial charge in [0.25, 0.3) is 0 Å². The first kappa shape index (κ1) is 24.1. The third kappa shape index (κ3) is 4.30. The van der Waals surface area contributed by atoms with E-state index in [0.717, 1.165) is 30.7 Å². The molecule has 2 N–H and O–H groups in total. The molecule has 6 nitrogen and oxygen atoms in total. The highest BCUT2D eigenvalue weighted by molar-refractivity contribution is 6.17. The number of nitrogens with one attached hydrogen (secondary N) is 2. The summed E-state index contributed by atoms with van der Waals surface area (Å²) in [5, 5.41) is 11.1. The van der Waals surface area contributed by atoms with E-state index in [1.54, 1.807) is 31.3 Å². The van der Waals surface area contributed by atoms with Crippen molar-refractivity contribution in [3.63, 3.8) is 0 Å². The van der Waals surface area contributed by atoms with E-state index >= 15 is 8.78 Å². The lowest BCUT2D eigenvalue weighted by Gasteiger charge is -2.48. The van der Waals surface area contributed by atoms with Crippen molar-refractivity contribution in [3.8, 4) is 11.8 Å². The van der Waals surface area contributed by atoms with Crippen molar-refractivity contribution in [2.24, 2.45) is 0 Å². The molecule has 0 bridgehead atoms. The molecule has 2 aromatic carbocycles. The van der Waals surface area contributed by atoms with Gasteiger partial charge in [0.1, 0.15) is 5.69 Å². The van der Waals surface area contributed by atoms with E-state index in [2.05, 4.69) is 17.2 Å². The van der Waals surface area contributed by atoms with Gasteiger partial charge in [0.05, 0.1) is 12.0 Å². The largest absolute Gasteiger partial charge is 0.391 e. The second-order valence-electron chi connectivity index (χ2n) is 8.68. The van der Waals surface area contributed by atoms with Crippen LogP contribution in [0.4, 0.5) is 19.3 Å². The Hall–Kier alpha value is -3.99. The number of hydrogen-bond acceptors (Lipinski definition) is 4. The number of imide groups is 1. The second-order valence-corrected chi connectivity index (χ2v) is 8.68. The molecule has 1 atom stereocenters. The lowest BCUT2D eigenvalue weighted by atomic mass is 9.79. The minimum absolute atomic E-state index is 0.0887. The quantitative estimate of drug-likeness (QED) is 0.503. The molecule has 2 aromatic rings. The number of anilines is 1. The third-order valence-corrected chi connectivity index (χ3v) is 6.72. The molecule has 8 heteroatoms. The van der Waals surface area contributed by atoms with E-state index in [1.165, 1.54) is 18.2 Å². The molecular weight excluding hydrogens is 450 g/mol. The van der Waals surface area contributed by atoms with Gasteiger partial charge in [0.2, 0.25) is 5.91 Å². The van der Waals surface area contributed by atoms with Crippen LogP contribution in [-0.2, 0) is 4.79 Å². The summed E-state index contributed by atoms with van der Waals surface area (Å²) in [4.78, 5) is 28.6. The summed E-state index contributed by atoms with van der Waals surface area (Å²) in [6.07, 6.45) is 3.74. The number of rotatable bonds is 3. The Kier molecular flexibility index (Phi) is 6.70. The summed E-state index contributed by atoms with van der Waals surface area (Å²) >= 11 is 0. The van der Waals surface area contributed by atoms with E-state index < -0.39 is 34.8 Å². The number of allylic oxidation sites excluding steroid dienone is 1. The van der Waals surface area contributed by atoms with Gasteiger partial charge in [0, 0.05) is 42.7 Å². The Morgan fingerprint density at radius 1 is 1.06 bits per heavy atom. The first-order chi connectivity index (χ1) is 16.8. The van der Waals surface area contributed by atoms with Crippen molar-refractivity contribution in [3.05, 3.63) is 76.5 Å². The van der Waals surface area contributed by atoms with Gasteiger partial charge >= 0.3 is 6.03 Å². The molecule has 1 heterocycles. The van der Waals surface area contributed by atoms with Gasteiger partial charge in [-0.2, -0.15) is 0 Å². The fraction of sp³-hybridized carbons (Fsp3) is 0.296. The van der Waals surface area contributed by atoms with Crippen LogP contribution in [0.2, 0.25) is 0 Å². The first-order valence-corrected chi connectivity index (χ1v) is 11.4. The lowest BCUT2D eigenvalue weighted by molar-refractivity contribution is -0.121. The normalized spacial score (nSPS) is 20.5. The Bertz CT molecular complexity index is 1260. The van der Waals surface area contributed by atoms with Crippen molar-refractivity contribution >= 4 is 23.8 Å². The lowest BCUT2D eigenvalue weighted by Crippen LogP contribution is -2.64. The average Bonchev–Trinajstić information content (AvgIpc) is 3.02. The zero-order valence-electron chi connectivity index (χ0n) is 19.6. The zero-order chi connectivity index (χ0) is 25.2. The number of hydrogen-bond donors (Lipinski definition) is 2. The maximum Gasteiger partial charge on any atom is 0.332 e. The maximum atomic E-state index is 15.1. The van der Waals surface area contributed by atoms with Crippen LogP contribution in [0.1, 0.15) is 43.2 Å². The Labute approximate surface area is 203 Å². The van der Waals surface area contributed by atoms with E-state index in [-0.39, 0.29) is 12.0 Å². The molecule has 1 spiro atoms. The van der Waals surface area contributed by atoms with Crippen LogP contribution in [0.5, 0.6) is 0 Å². The molecule has 1 aliphatic heterocycles. The minimum Gasteiger partial charge on any atom is -0.391 e. The number of nitrogens with zero attached hydrogens (tertiary/aromatic N) is 2. The highest BCUT2D eigenvalue weighted by atomic mass is 19.1. The van der Waals surface area contributed by atoms with Crippen LogP contribution < -0.4 is 10.2 Å². The van der Waals surface area contributed by atoms with Crippen molar-refractivity contribution in [1.82, 2.24) is 10.2 Å². The Balaban J connectivity index is 1.71. The predicted molar refractivity (Wildman–Crippen MR) is 130 cm³/mol. The van der Waals surface area contributed by atoms with Gasteiger partial charge in [-0.25, -0.2) is 18.5 Å². The van der Waals surface area contributed by atoms with Gasteiger partial charge in [0.15, 0.2) is 11.6 Å². The molecule has 35 heavy (non-hydrogen) atoms. The van der Waals surface area contributed by atoms with Crippen LogP contribution in [0.3, 0.4) is 0 Å². The average molecular weight is 477 g/mol. The molecule has 180 valence electrons. The van der Waals surface area contributed by atoms with Crippen LogP contribution in [-0.4, -0.2) is 42.7 Å². The van der Waals surface area contributed by atoms with Gasteiger partial charge in [-0.05, 0) is 43.5 Å². The van der Waals surface area contributed by atoms with Crippen LogP contribution in [0.15, 0.2) is 53.7 Å². The Morgan fingerprint density at radius 3 is 2.34 bits per heavy atom. The molecule has 3 amide bonds. The van der Waals surface area contributed by atoms with Crippen molar-refractivity contribution in [2.75, 3.05) is 19.0 Å². The number of carbonyl (C=O) groups is 2. The summed E-state index contributed by atoms with van der Waals surface area (Å²) in [5.41, 5.74) is 0.353. The van der Waals surface area contributed by atoms with Crippen LogP contribution in [0, 0.1) is 28.9 Å². The SMILES string of the molecule is CNC1=C(C=N)[C@]2(CCCC1)CC(=O)N(c1c(F)cc(C#Cc3ccccc3)cc1F)C(=O)N2C. The topological polar surface area (TPSA) is 76.5 Å². The highest BCUT2D eigenvalue weighted by Gasteiger charge is 2.52. The smallest absolute Gasteiger partial charge is 0.332 e. The summed E-state index contributed by atoms with van der Waals surface area (Å²) in [6, 6.07) is 10.2. The van der Waals surface area contributed by atoms with Gasteiger partial charge < -0.3 is 15.6 Å². The maximum absolute atomic E-state index is 15.1. The van der Waals surface area contributed by atoms with Crippen LogP contribution in [0.25, 0.3) is 0 Å². The molecule has 0 unspecified atom stereocenters. The Morgan fingerprint density at radius 2 is 1.71 bits per heavy atom. The molecular formula is C27H26F2N4O2. The third-order valence-electron chi connectivity index (χ3n) is 6.72. The van der Waals surface area contributed by atoms with Gasteiger partial charge in [-0.1, -0.05) is 36.5 Å². The number of benzene rings is 2. The second kappa shape index (κ2) is 9.71. The van der Waals surface area contributed by atoms with Gasteiger partial charge in [-0.15, -0.1) is 0 Å². The van der Waals surface area contributed by atoms with E-state index in [0.29, 0.717) is 28.9 Å². The first-order valence-electron chi connectivity index (χ1n) is 11.4. The summed E-state index contributed by atoms with van der Waals surface area (Å²) < 4.78 is 30.3. The van der Waals surface area contributed by atoms with E-state index in [4.69, 9.17) is 5.41 Å². The monoisotopic (exact) mass is 476 g/mol. The summed E-state index contributed by atoms with van der Waals surface area (Å²) in [7, 11) is 3.25. The van der Waals surface area contributed by atoms with E-state index in [1.807, 2.05) is 6.07 Å². The van der Waals surface area contributed by atoms with Crippen LogP contribution >= 0.6 is 0 Å². The van der Waals surface area contributed by atoms with Crippen molar-refractivity contribution in [2.45, 2.75) is 37.6 Å². The zero-order valence-corrected chi connectivity index (χ0v) is 19.6. The predicted octanol–water partition coefficient (Wildman–Crippen LogP) is 4.59. The summed E-state index contributed by atoms with van der Waals surface area (Å²) in [5.74, 6) is 2.74. The number of amides is 3. The molecule has 0 saturated carbocycles.